The van der Waals surface area contributed by atoms with Crippen molar-refractivity contribution in [1.82, 2.24) is 15.4 Å². The summed E-state index contributed by atoms with van der Waals surface area (Å²) in [6.07, 6.45) is 2.75. The number of halogens is 1. The highest BCUT2D eigenvalue weighted by Crippen LogP contribution is 2.34. The lowest BCUT2D eigenvalue weighted by Crippen LogP contribution is -2.46. The van der Waals surface area contributed by atoms with Gasteiger partial charge in [0, 0.05) is 6.54 Å². The van der Waals surface area contributed by atoms with Crippen molar-refractivity contribution >= 4 is 5.69 Å². The van der Waals surface area contributed by atoms with Gasteiger partial charge in [-0.1, -0.05) is 6.07 Å². The van der Waals surface area contributed by atoms with Crippen molar-refractivity contribution in [2.45, 2.75) is 18.4 Å². The molecule has 1 aromatic carbocycles. The zero-order chi connectivity index (χ0) is 14.9. The van der Waals surface area contributed by atoms with Gasteiger partial charge in [-0.25, -0.2) is 4.39 Å². The zero-order valence-corrected chi connectivity index (χ0v) is 11.3. The van der Waals surface area contributed by atoms with Crippen molar-refractivity contribution in [1.29, 1.82) is 5.26 Å². The van der Waals surface area contributed by atoms with Gasteiger partial charge >= 0.3 is 0 Å². The number of piperidine rings is 1. The van der Waals surface area contributed by atoms with Gasteiger partial charge in [-0.05, 0) is 25.0 Å². The molecule has 2 N–H and O–H groups in total. The second-order valence-corrected chi connectivity index (χ2v) is 5.16. The molecule has 108 valence electrons. The van der Waals surface area contributed by atoms with E-state index in [9.17, 15) is 9.50 Å². The van der Waals surface area contributed by atoms with Gasteiger partial charge in [-0.2, -0.15) is 20.7 Å². The first-order chi connectivity index (χ1) is 10.1. The SMILES string of the molecule is N#Cc1c(F)cccc1N1CCC[C@](O)(c2cn[nH]n2)C1. The van der Waals surface area contributed by atoms with Crippen molar-refractivity contribution < 1.29 is 9.50 Å². The monoisotopic (exact) mass is 287 g/mol. The lowest BCUT2D eigenvalue weighted by molar-refractivity contribution is 0.0176. The van der Waals surface area contributed by atoms with Crippen LogP contribution in [-0.4, -0.2) is 33.6 Å². The number of aromatic amines is 1. The van der Waals surface area contributed by atoms with Crippen LogP contribution in [0.1, 0.15) is 24.1 Å². The highest BCUT2D eigenvalue weighted by molar-refractivity contribution is 5.60. The molecule has 0 saturated carbocycles. The molecule has 0 radical (unpaired) electrons. The lowest BCUT2D eigenvalue weighted by Gasteiger charge is -2.39. The van der Waals surface area contributed by atoms with Crippen molar-refractivity contribution in [2.24, 2.45) is 0 Å². The number of aromatic nitrogens is 3. The molecule has 0 aliphatic carbocycles. The molecule has 2 aromatic rings. The summed E-state index contributed by atoms with van der Waals surface area (Å²) in [7, 11) is 0. The Bertz CT molecular complexity index is 681. The Morgan fingerprint density at radius 3 is 3.05 bits per heavy atom. The summed E-state index contributed by atoms with van der Waals surface area (Å²) in [5, 5.41) is 30.0. The van der Waals surface area contributed by atoms with E-state index in [1.54, 1.807) is 12.1 Å². The smallest absolute Gasteiger partial charge is 0.143 e. The number of rotatable bonds is 2. The number of H-pyrrole nitrogens is 1. The van der Waals surface area contributed by atoms with Crippen LogP contribution in [-0.2, 0) is 5.60 Å². The first kappa shape index (κ1) is 13.5. The van der Waals surface area contributed by atoms with Crippen molar-refractivity contribution in [3.63, 3.8) is 0 Å². The second-order valence-electron chi connectivity index (χ2n) is 5.16. The molecule has 1 aliphatic heterocycles. The van der Waals surface area contributed by atoms with Gasteiger partial charge < -0.3 is 10.0 Å². The lowest BCUT2D eigenvalue weighted by atomic mass is 9.89. The molecule has 21 heavy (non-hydrogen) atoms. The highest BCUT2D eigenvalue weighted by Gasteiger charge is 2.38. The Hall–Kier alpha value is -2.46. The minimum absolute atomic E-state index is 0.00176. The number of benzene rings is 1. The standard InChI is InChI=1S/C14H14FN5O/c15-11-3-1-4-12(10(11)7-16)20-6-2-5-14(21,9-20)13-8-17-19-18-13/h1,3-4,8,21H,2,5-6,9H2,(H,17,18,19)/t14-/m1/s1. The van der Waals surface area contributed by atoms with Crippen LogP contribution in [0.15, 0.2) is 24.4 Å². The average molecular weight is 287 g/mol. The highest BCUT2D eigenvalue weighted by atomic mass is 19.1. The van der Waals surface area contributed by atoms with Gasteiger partial charge in [0.15, 0.2) is 0 Å². The number of hydrogen-bond acceptors (Lipinski definition) is 5. The van der Waals surface area contributed by atoms with Crippen LogP contribution in [0.2, 0.25) is 0 Å². The molecule has 1 aliphatic rings. The molecule has 1 saturated heterocycles. The minimum Gasteiger partial charge on any atom is -0.382 e. The molecule has 1 fully saturated rings. The van der Waals surface area contributed by atoms with Crippen molar-refractivity contribution in [3.05, 3.63) is 41.5 Å². The molecule has 0 amide bonds. The molecule has 0 bridgehead atoms. The van der Waals surface area contributed by atoms with Crippen LogP contribution in [0.25, 0.3) is 0 Å². The van der Waals surface area contributed by atoms with E-state index in [4.69, 9.17) is 5.26 Å². The summed E-state index contributed by atoms with van der Waals surface area (Å²) in [6, 6.07) is 6.41. The van der Waals surface area contributed by atoms with Crippen LogP contribution in [0, 0.1) is 17.1 Å². The number of β-amino-alcohol motifs (C(OH)–C–C–N with tert-alkyl or cyclic N) is 1. The van der Waals surface area contributed by atoms with E-state index in [-0.39, 0.29) is 12.1 Å². The van der Waals surface area contributed by atoms with Crippen LogP contribution >= 0.6 is 0 Å². The molecular formula is C14H14FN5O. The summed E-state index contributed by atoms with van der Waals surface area (Å²) < 4.78 is 13.7. The first-order valence-electron chi connectivity index (χ1n) is 6.66. The molecule has 3 rings (SSSR count). The minimum atomic E-state index is -1.15. The zero-order valence-electron chi connectivity index (χ0n) is 11.3. The van der Waals surface area contributed by atoms with Crippen LogP contribution in [0.5, 0.6) is 0 Å². The third kappa shape index (κ3) is 2.34. The normalized spacial score (nSPS) is 22.0. The molecule has 6 nitrogen and oxygen atoms in total. The van der Waals surface area contributed by atoms with Gasteiger partial charge in [0.2, 0.25) is 0 Å². The Morgan fingerprint density at radius 1 is 1.48 bits per heavy atom. The van der Waals surface area contributed by atoms with E-state index in [0.717, 1.165) is 0 Å². The van der Waals surface area contributed by atoms with Gasteiger partial charge in [-0.15, -0.1) is 0 Å². The topological polar surface area (TPSA) is 88.8 Å². The summed E-state index contributed by atoms with van der Waals surface area (Å²) in [6.45, 7) is 0.899. The molecule has 7 heteroatoms. The Morgan fingerprint density at radius 2 is 2.33 bits per heavy atom. The maximum absolute atomic E-state index is 13.7. The van der Waals surface area contributed by atoms with E-state index in [0.29, 0.717) is 30.8 Å². The van der Waals surface area contributed by atoms with E-state index in [1.165, 1.54) is 12.3 Å². The van der Waals surface area contributed by atoms with Gasteiger partial charge in [0.1, 0.15) is 28.7 Å². The molecule has 0 spiro atoms. The number of anilines is 1. The fourth-order valence-corrected chi connectivity index (χ4v) is 2.76. The predicted molar refractivity (Wildman–Crippen MR) is 72.8 cm³/mol. The van der Waals surface area contributed by atoms with Crippen molar-refractivity contribution in [2.75, 3.05) is 18.0 Å². The number of nitrogens with zero attached hydrogens (tertiary/aromatic N) is 4. The molecule has 2 heterocycles. The largest absolute Gasteiger partial charge is 0.382 e. The van der Waals surface area contributed by atoms with Gasteiger partial charge in [-0.3, -0.25) is 0 Å². The molecular weight excluding hydrogens is 273 g/mol. The number of aliphatic hydroxyl groups is 1. The Balaban J connectivity index is 1.94. The van der Waals surface area contributed by atoms with E-state index in [1.807, 2.05) is 11.0 Å². The Labute approximate surface area is 120 Å². The maximum atomic E-state index is 13.7. The molecule has 1 aromatic heterocycles. The van der Waals surface area contributed by atoms with Crippen molar-refractivity contribution in [3.8, 4) is 6.07 Å². The third-order valence-corrected chi connectivity index (χ3v) is 3.81. The quantitative estimate of drug-likeness (QED) is 0.869. The Kier molecular flexibility index (Phi) is 3.31. The summed E-state index contributed by atoms with van der Waals surface area (Å²) in [5.41, 5.74) is -0.187. The average Bonchev–Trinajstić information content (AvgIpc) is 3.02. The van der Waals surface area contributed by atoms with E-state index < -0.39 is 11.4 Å². The summed E-state index contributed by atoms with van der Waals surface area (Å²) >= 11 is 0. The van der Waals surface area contributed by atoms with Crippen LogP contribution < -0.4 is 4.90 Å². The third-order valence-electron chi connectivity index (χ3n) is 3.81. The summed E-state index contributed by atoms with van der Waals surface area (Å²) in [4.78, 5) is 1.82. The molecule has 0 unspecified atom stereocenters. The predicted octanol–water partition coefficient (Wildman–Crippen LogP) is 1.30. The fourth-order valence-electron chi connectivity index (χ4n) is 2.76. The van der Waals surface area contributed by atoms with E-state index in [2.05, 4.69) is 15.4 Å². The van der Waals surface area contributed by atoms with Crippen LogP contribution in [0.3, 0.4) is 0 Å². The fraction of sp³-hybridized carbons (Fsp3) is 0.357. The number of hydrogen-bond donors (Lipinski definition) is 2. The summed E-state index contributed by atoms with van der Waals surface area (Å²) in [5.74, 6) is -0.550. The maximum Gasteiger partial charge on any atom is 0.143 e. The first-order valence-corrected chi connectivity index (χ1v) is 6.66. The van der Waals surface area contributed by atoms with Crippen LogP contribution in [0.4, 0.5) is 10.1 Å². The number of nitriles is 1. The second kappa shape index (κ2) is 5.14. The van der Waals surface area contributed by atoms with Gasteiger partial charge in [0.05, 0.1) is 18.4 Å². The number of nitrogens with one attached hydrogen (secondary N) is 1. The van der Waals surface area contributed by atoms with Gasteiger partial charge in [0.25, 0.3) is 0 Å². The molecule has 1 atom stereocenters. The van der Waals surface area contributed by atoms with E-state index >= 15 is 0 Å².